The number of rotatable bonds is 4. The van der Waals surface area contributed by atoms with Gasteiger partial charge in [0.05, 0.1) is 20.7 Å². The lowest BCUT2D eigenvalue weighted by atomic mass is 10.1. The predicted octanol–water partition coefficient (Wildman–Crippen LogP) is 8.42. The fraction of sp³-hybridized carbons (Fsp3) is 0. The quantitative estimate of drug-likeness (QED) is 0.254. The molecule has 4 aromatic rings. The Balaban J connectivity index is 1.69. The zero-order valence-electron chi connectivity index (χ0n) is 15.6. The largest absolute Gasteiger partial charge is 0.506 e. The molecule has 0 aromatic heterocycles. The van der Waals surface area contributed by atoms with Gasteiger partial charge in [-0.2, -0.15) is 0 Å². The van der Waals surface area contributed by atoms with Crippen LogP contribution in [0.2, 0.25) is 10.0 Å². The van der Waals surface area contributed by atoms with Crippen LogP contribution in [0.25, 0.3) is 10.8 Å². The maximum absolute atomic E-state index is 12.9. The van der Waals surface area contributed by atoms with Gasteiger partial charge in [-0.05, 0) is 57.7 Å². The number of hydrogen-bond donors (Lipinski definition) is 2. The monoisotopic (exact) mass is 579 g/mol. The lowest BCUT2D eigenvalue weighted by Gasteiger charge is -2.15. The predicted molar refractivity (Wildman–Crippen MR) is 132 cm³/mol. The van der Waals surface area contributed by atoms with E-state index in [2.05, 4.69) is 37.2 Å². The first-order valence-corrected chi connectivity index (χ1v) is 11.3. The van der Waals surface area contributed by atoms with Crippen LogP contribution >= 0.6 is 55.1 Å². The Morgan fingerprint density at radius 1 is 0.935 bits per heavy atom. The third kappa shape index (κ3) is 4.67. The summed E-state index contributed by atoms with van der Waals surface area (Å²) in [6.45, 7) is 0. The van der Waals surface area contributed by atoms with Crippen molar-refractivity contribution in [2.75, 3.05) is 5.32 Å². The van der Waals surface area contributed by atoms with Crippen molar-refractivity contribution >= 4 is 77.4 Å². The molecule has 0 aliphatic rings. The van der Waals surface area contributed by atoms with Gasteiger partial charge in [0, 0.05) is 14.9 Å². The molecule has 4 aromatic carbocycles. The number of nitrogens with one attached hydrogen (secondary N) is 1. The van der Waals surface area contributed by atoms with Crippen LogP contribution in [-0.4, -0.2) is 11.0 Å². The number of fused-ring (bicyclic) bond motifs is 1. The Kier molecular flexibility index (Phi) is 6.44. The zero-order valence-corrected chi connectivity index (χ0v) is 20.3. The van der Waals surface area contributed by atoms with E-state index in [1.54, 1.807) is 30.3 Å². The summed E-state index contributed by atoms with van der Waals surface area (Å²) < 4.78 is 7.05. The van der Waals surface area contributed by atoms with Crippen LogP contribution in [0.1, 0.15) is 10.4 Å². The minimum atomic E-state index is -0.531. The van der Waals surface area contributed by atoms with Gasteiger partial charge in [0.2, 0.25) is 0 Å². The van der Waals surface area contributed by atoms with E-state index in [0.29, 0.717) is 36.2 Å². The minimum absolute atomic E-state index is 0.0795. The van der Waals surface area contributed by atoms with E-state index in [1.165, 1.54) is 6.07 Å². The molecule has 0 radical (unpaired) electrons. The van der Waals surface area contributed by atoms with E-state index in [-0.39, 0.29) is 11.3 Å². The van der Waals surface area contributed by atoms with Crippen molar-refractivity contribution in [3.63, 3.8) is 0 Å². The number of phenols is 1. The van der Waals surface area contributed by atoms with Crippen molar-refractivity contribution in [1.82, 2.24) is 0 Å². The van der Waals surface area contributed by atoms with Crippen LogP contribution in [0.15, 0.2) is 75.7 Å². The van der Waals surface area contributed by atoms with E-state index in [4.69, 9.17) is 27.9 Å². The van der Waals surface area contributed by atoms with Gasteiger partial charge in [-0.1, -0.05) is 69.5 Å². The molecule has 0 saturated heterocycles. The molecule has 8 heteroatoms. The number of carbonyl (C=O) groups is 1. The van der Waals surface area contributed by atoms with Crippen LogP contribution in [0.3, 0.4) is 0 Å². The minimum Gasteiger partial charge on any atom is -0.506 e. The van der Waals surface area contributed by atoms with Crippen molar-refractivity contribution < 1.29 is 14.6 Å². The molecule has 0 aliphatic heterocycles. The van der Waals surface area contributed by atoms with Gasteiger partial charge in [0.25, 0.3) is 5.91 Å². The number of aromatic hydroxyl groups is 1. The Hall–Kier alpha value is -2.25. The van der Waals surface area contributed by atoms with Crippen LogP contribution in [-0.2, 0) is 0 Å². The lowest BCUT2D eigenvalue weighted by Crippen LogP contribution is -2.13. The van der Waals surface area contributed by atoms with E-state index in [1.807, 2.05) is 30.3 Å². The molecule has 0 atom stereocenters. The molecule has 2 N–H and O–H groups in total. The summed E-state index contributed by atoms with van der Waals surface area (Å²) in [6.07, 6.45) is 0. The van der Waals surface area contributed by atoms with Crippen molar-refractivity contribution in [3.05, 3.63) is 91.3 Å². The maximum Gasteiger partial charge on any atom is 0.259 e. The van der Waals surface area contributed by atoms with Crippen LogP contribution in [0, 0.1) is 0 Å². The summed E-state index contributed by atoms with van der Waals surface area (Å²) in [5.41, 5.74) is 0.410. The first kappa shape index (κ1) is 22.0. The molecule has 0 fully saturated rings. The average molecular weight is 582 g/mol. The van der Waals surface area contributed by atoms with Gasteiger partial charge >= 0.3 is 0 Å². The van der Waals surface area contributed by atoms with Crippen molar-refractivity contribution in [3.8, 4) is 17.2 Å². The van der Waals surface area contributed by atoms with Crippen molar-refractivity contribution in [2.45, 2.75) is 0 Å². The summed E-state index contributed by atoms with van der Waals surface area (Å²) in [7, 11) is 0. The fourth-order valence-corrected chi connectivity index (χ4v) is 4.70. The highest BCUT2D eigenvalue weighted by Crippen LogP contribution is 2.39. The van der Waals surface area contributed by atoms with Gasteiger partial charge in [0.15, 0.2) is 5.75 Å². The topological polar surface area (TPSA) is 58.6 Å². The van der Waals surface area contributed by atoms with Gasteiger partial charge in [-0.15, -0.1) is 0 Å². The molecule has 0 unspecified atom stereocenters. The van der Waals surface area contributed by atoms with Gasteiger partial charge in [0.1, 0.15) is 11.5 Å². The highest BCUT2D eigenvalue weighted by atomic mass is 79.9. The highest BCUT2D eigenvalue weighted by Gasteiger charge is 2.18. The van der Waals surface area contributed by atoms with Gasteiger partial charge in [-0.3, -0.25) is 4.79 Å². The maximum atomic E-state index is 12.9. The lowest BCUT2D eigenvalue weighted by molar-refractivity contribution is 0.102. The summed E-state index contributed by atoms with van der Waals surface area (Å²) in [5, 5.41) is 15.7. The number of halogens is 4. The molecule has 31 heavy (non-hydrogen) atoms. The Bertz CT molecular complexity index is 1330. The Morgan fingerprint density at radius 2 is 1.68 bits per heavy atom. The zero-order chi connectivity index (χ0) is 22.1. The van der Waals surface area contributed by atoms with E-state index >= 15 is 0 Å². The van der Waals surface area contributed by atoms with Crippen LogP contribution in [0.4, 0.5) is 5.69 Å². The highest BCUT2D eigenvalue weighted by molar-refractivity contribution is 9.11. The third-order valence-electron chi connectivity index (χ3n) is 4.51. The SMILES string of the molecule is O=C(Nc1cc(Cl)ccc1Oc1ccc2ccccc2c1Cl)c1cc(Br)cc(Br)c1O. The normalized spacial score (nSPS) is 10.8. The number of anilines is 1. The Morgan fingerprint density at radius 3 is 2.48 bits per heavy atom. The van der Waals surface area contributed by atoms with Gasteiger partial charge < -0.3 is 15.2 Å². The molecule has 1 amide bonds. The second kappa shape index (κ2) is 9.09. The summed E-state index contributed by atoms with van der Waals surface area (Å²) in [6, 6.07) is 19.4. The first-order valence-electron chi connectivity index (χ1n) is 8.97. The van der Waals surface area contributed by atoms with Crippen molar-refractivity contribution in [2.24, 2.45) is 0 Å². The molecule has 156 valence electrons. The number of amides is 1. The van der Waals surface area contributed by atoms with E-state index in [9.17, 15) is 9.90 Å². The smallest absolute Gasteiger partial charge is 0.259 e. The molecule has 4 rings (SSSR count). The second-order valence-electron chi connectivity index (χ2n) is 6.58. The van der Waals surface area contributed by atoms with Crippen molar-refractivity contribution in [1.29, 1.82) is 0 Å². The molecule has 0 heterocycles. The van der Waals surface area contributed by atoms with E-state index in [0.717, 1.165) is 10.8 Å². The molecule has 0 spiro atoms. The molecule has 4 nitrogen and oxygen atoms in total. The first-order chi connectivity index (χ1) is 14.8. The average Bonchev–Trinajstić information content (AvgIpc) is 2.74. The standard InChI is InChI=1S/C23H13Br2Cl2NO3/c24-13-9-16(22(29)17(25)10-13)23(30)28-18-11-14(26)6-8-19(18)31-20-7-5-12-3-1-2-4-15(12)21(20)27/h1-11,29H,(H,28,30). The number of benzene rings is 4. The molecule has 0 saturated carbocycles. The molecule has 0 aliphatic carbocycles. The Labute approximate surface area is 205 Å². The van der Waals surface area contributed by atoms with E-state index < -0.39 is 5.91 Å². The summed E-state index contributed by atoms with van der Waals surface area (Å²) >= 11 is 19.2. The number of hydrogen-bond acceptors (Lipinski definition) is 3. The van der Waals surface area contributed by atoms with Gasteiger partial charge in [-0.25, -0.2) is 0 Å². The van der Waals surface area contributed by atoms with Crippen LogP contribution < -0.4 is 10.1 Å². The second-order valence-corrected chi connectivity index (χ2v) is 9.16. The fourth-order valence-electron chi connectivity index (χ4n) is 3.03. The summed E-state index contributed by atoms with van der Waals surface area (Å²) in [4.78, 5) is 12.9. The molecular weight excluding hydrogens is 569 g/mol. The van der Waals surface area contributed by atoms with Crippen LogP contribution in [0.5, 0.6) is 17.2 Å². The third-order valence-corrected chi connectivity index (χ3v) is 6.20. The number of phenolic OH excluding ortho intramolecular Hbond substituents is 1. The summed E-state index contributed by atoms with van der Waals surface area (Å²) in [5.74, 6) is 0.0775. The molecular formula is C23H13Br2Cl2NO3. The number of carbonyl (C=O) groups excluding carboxylic acids is 1. The number of ether oxygens (including phenoxy) is 1. The molecule has 0 bridgehead atoms.